The zero-order valence-corrected chi connectivity index (χ0v) is 18.8. The average Bonchev–Trinajstić information content (AvgIpc) is 3.11. The number of ether oxygens (including phenoxy) is 3. The first kappa shape index (κ1) is 21.3. The molecular formula is C22H26N2O6S. The number of amides is 1. The Hall–Kier alpha value is -2.94. The molecule has 2 aliphatic heterocycles. The number of carbonyl (C=O) groups is 1. The van der Waals surface area contributed by atoms with Crippen LogP contribution < -0.4 is 23.8 Å². The van der Waals surface area contributed by atoms with Crippen LogP contribution in [0.2, 0.25) is 0 Å². The number of aryl methyl sites for hydroxylation is 1. The molecule has 2 aromatic carbocycles. The Labute approximate surface area is 182 Å². The predicted molar refractivity (Wildman–Crippen MR) is 116 cm³/mol. The molecule has 1 N–H and O–H groups in total. The molecule has 2 heterocycles. The van der Waals surface area contributed by atoms with Crippen molar-refractivity contribution < 1.29 is 27.4 Å². The molecule has 0 spiro atoms. The quantitative estimate of drug-likeness (QED) is 0.759. The topological polar surface area (TPSA) is 94.2 Å². The monoisotopic (exact) mass is 446 g/mol. The normalized spacial score (nSPS) is 18.6. The molecule has 0 aromatic heterocycles. The second-order valence-corrected chi connectivity index (χ2v) is 10.4. The highest BCUT2D eigenvalue weighted by atomic mass is 32.2. The second kappa shape index (κ2) is 7.64. The number of rotatable bonds is 5. The standard InChI is InChI=1S/C22H26N2O6S/c1-14-5-7-16-17(11-22(2,3)30-19(16)9-14)23-21(25)12-24(31(4,26)27)15-6-8-18-20(10-15)29-13-28-18/h5-10,17H,11-13H2,1-4H3,(H,23,25)/t17-/m1/s1. The van der Waals surface area contributed by atoms with Crippen LogP contribution in [-0.2, 0) is 14.8 Å². The number of nitrogens with zero attached hydrogens (tertiary/aromatic N) is 1. The first-order valence-corrected chi connectivity index (χ1v) is 11.8. The molecule has 2 aromatic rings. The second-order valence-electron chi connectivity index (χ2n) is 8.53. The van der Waals surface area contributed by atoms with E-state index >= 15 is 0 Å². The Morgan fingerprint density at radius 3 is 2.61 bits per heavy atom. The predicted octanol–water partition coefficient (Wildman–Crippen LogP) is 2.91. The van der Waals surface area contributed by atoms with Gasteiger partial charge in [0.05, 0.1) is 18.0 Å². The van der Waals surface area contributed by atoms with Crippen LogP contribution in [0.3, 0.4) is 0 Å². The van der Waals surface area contributed by atoms with Crippen LogP contribution in [0.1, 0.15) is 37.4 Å². The van der Waals surface area contributed by atoms with E-state index in [9.17, 15) is 13.2 Å². The van der Waals surface area contributed by atoms with Gasteiger partial charge in [-0.15, -0.1) is 0 Å². The summed E-state index contributed by atoms with van der Waals surface area (Å²) in [6, 6.07) is 10.4. The Bertz CT molecular complexity index is 1130. The smallest absolute Gasteiger partial charge is 0.241 e. The summed E-state index contributed by atoms with van der Waals surface area (Å²) in [4.78, 5) is 12.9. The zero-order chi connectivity index (χ0) is 22.4. The molecule has 31 heavy (non-hydrogen) atoms. The maximum absolute atomic E-state index is 12.9. The maximum atomic E-state index is 12.9. The van der Waals surface area contributed by atoms with E-state index in [1.807, 2.05) is 39.0 Å². The Kier molecular flexibility index (Phi) is 5.25. The van der Waals surface area contributed by atoms with Gasteiger partial charge in [0.2, 0.25) is 22.7 Å². The van der Waals surface area contributed by atoms with Crippen molar-refractivity contribution in [2.45, 2.75) is 38.8 Å². The fourth-order valence-electron chi connectivity index (χ4n) is 3.90. The van der Waals surface area contributed by atoms with Crippen molar-refractivity contribution in [3.8, 4) is 17.2 Å². The number of fused-ring (bicyclic) bond motifs is 2. The molecule has 9 heteroatoms. The van der Waals surface area contributed by atoms with Gasteiger partial charge >= 0.3 is 0 Å². The SMILES string of the molecule is Cc1ccc2c(c1)OC(C)(C)C[C@H]2NC(=O)CN(c1ccc2c(c1)OCO2)S(C)(=O)=O. The molecule has 1 amide bonds. The highest BCUT2D eigenvalue weighted by Gasteiger charge is 2.35. The molecule has 166 valence electrons. The van der Waals surface area contributed by atoms with Gasteiger partial charge in [-0.25, -0.2) is 8.42 Å². The Morgan fingerprint density at radius 2 is 1.87 bits per heavy atom. The molecule has 2 aliphatic rings. The minimum absolute atomic E-state index is 0.0799. The van der Waals surface area contributed by atoms with Gasteiger partial charge in [-0.3, -0.25) is 9.10 Å². The first-order chi connectivity index (χ1) is 14.5. The highest BCUT2D eigenvalue weighted by Crippen LogP contribution is 2.40. The van der Waals surface area contributed by atoms with E-state index in [2.05, 4.69) is 5.32 Å². The van der Waals surface area contributed by atoms with Crippen LogP contribution in [0.5, 0.6) is 17.2 Å². The summed E-state index contributed by atoms with van der Waals surface area (Å²) in [6.45, 7) is 5.64. The van der Waals surface area contributed by atoms with Crippen LogP contribution in [0.25, 0.3) is 0 Å². The van der Waals surface area contributed by atoms with E-state index in [4.69, 9.17) is 14.2 Å². The number of anilines is 1. The van der Waals surface area contributed by atoms with Crippen molar-refractivity contribution >= 4 is 21.6 Å². The number of carbonyl (C=O) groups excluding carboxylic acids is 1. The van der Waals surface area contributed by atoms with Crippen molar-refractivity contribution in [1.29, 1.82) is 0 Å². The number of sulfonamides is 1. The Morgan fingerprint density at radius 1 is 1.13 bits per heavy atom. The first-order valence-electron chi connectivity index (χ1n) is 9.98. The van der Waals surface area contributed by atoms with Gasteiger partial charge in [0.15, 0.2) is 11.5 Å². The number of nitrogens with one attached hydrogen (secondary N) is 1. The molecule has 0 unspecified atom stereocenters. The highest BCUT2D eigenvalue weighted by molar-refractivity contribution is 7.92. The molecule has 8 nitrogen and oxygen atoms in total. The molecule has 0 radical (unpaired) electrons. The summed E-state index contributed by atoms with van der Waals surface area (Å²) in [5.74, 6) is 1.31. The van der Waals surface area contributed by atoms with Gasteiger partial charge in [-0.05, 0) is 44.5 Å². The molecule has 0 saturated heterocycles. The van der Waals surface area contributed by atoms with E-state index in [0.717, 1.165) is 27.4 Å². The molecule has 1 atom stereocenters. The minimum Gasteiger partial charge on any atom is -0.487 e. The molecule has 0 fully saturated rings. The molecule has 0 bridgehead atoms. The summed E-state index contributed by atoms with van der Waals surface area (Å²) in [6.07, 6.45) is 1.64. The van der Waals surface area contributed by atoms with Crippen LogP contribution >= 0.6 is 0 Å². The van der Waals surface area contributed by atoms with Crippen molar-refractivity contribution in [2.24, 2.45) is 0 Å². The summed E-state index contributed by atoms with van der Waals surface area (Å²) < 4.78 is 42.7. The average molecular weight is 447 g/mol. The minimum atomic E-state index is -3.71. The largest absolute Gasteiger partial charge is 0.487 e. The van der Waals surface area contributed by atoms with Gasteiger partial charge in [0.1, 0.15) is 17.9 Å². The number of hydrogen-bond acceptors (Lipinski definition) is 6. The third-order valence-corrected chi connectivity index (χ3v) is 6.43. The maximum Gasteiger partial charge on any atom is 0.241 e. The van der Waals surface area contributed by atoms with Crippen LogP contribution in [-0.4, -0.2) is 39.5 Å². The lowest BCUT2D eigenvalue weighted by molar-refractivity contribution is -0.120. The summed E-state index contributed by atoms with van der Waals surface area (Å²) in [7, 11) is -3.71. The summed E-state index contributed by atoms with van der Waals surface area (Å²) >= 11 is 0. The molecular weight excluding hydrogens is 420 g/mol. The van der Waals surface area contributed by atoms with E-state index in [-0.39, 0.29) is 19.4 Å². The van der Waals surface area contributed by atoms with Gasteiger partial charge in [-0.1, -0.05) is 12.1 Å². The van der Waals surface area contributed by atoms with Gasteiger partial charge in [-0.2, -0.15) is 0 Å². The number of benzene rings is 2. The van der Waals surface area contributed by atoms with E-state index < -0.39 is 21.5 Å². The molecule has 4 rings (SSSR count). The van der Waals surface area contributed by atoms with Crippen molar-refractivity contribution in [3.63, 3.8) is 0 Å². The molecule has 0 aliphatic carbocycles. The summed E-state index contributed by atoms with van der Waals surface area (Å²) in [5, 5.41) is 2.99. The van der Waals surface area contributed by atoms with Gasteiger partial charge < -0.3 is 19.5 Å². The lowest BCUT2D eigenvalue weighted by Crippen LogP contribution is -2.45. The van der Waals surface area contributed by atoms with Crippen LogP contribution in [0, 0.1) is 6.92 Å². The van der Waals surface area contributed by atoms with Gasteiger partial charge in [0.25, 0.3) is 0 Å². The fourth-order valence-corrected chi connectivity index (χ4v) is 4.75. The van der Waals surface area contributed by atoms with Crippen molar-refractivity contribution in [3.05, 3.63) is 47.5 Å². The number of hydrogen-bond donors (Lipinski definition) is 1. The molecule has 0 saturated carbocycles. The Balaban J connectivity index is 1.56. The lowest BCUT2D eigenvalue weighted by Gasteiger charge is -2.38. The summed E-state index contributed by atoms with van der Waals surface area (Å²) in [5.41, 5.74) is 1.82. The lowest BCUT2D eigenvalue weighted by atomic mass is 9.89. The van der Waals surface area contributed by atoms with E-state index in [0.29, 0.717) is 23.6 Å². The van der Waals surface area contributed by atoms with E-state index in [1.165, 1.54) is 0 Å². The third-order valence-electron chi connectivity index (χ3n) is 5.29. The van der Waals surface area contributed by atoms with Gasteiger partial charge in [0, 0.05) is 18.1 Å². The van der Waals surface area contributed by atoms with E-state index in [1.54, 1.807) is 18.2 Å². The van der Waals surface area contributed by atoms with Crippen LogP contribution in [0.15, 0.2) is 36.4 Å². The van der Waals surface area contributed by atoms with Crippen LogP contribution in [0.4, 0.5) is 5.69 Å². The zero-order valence-electron chi connectivity index (χ0n) is 18.0. The fraction of sp³-hybridized carbons (Fsp3) is 0.409. The van der Waals surface area contributed by atoms with Crippen molar-refractivity contribution in [2.75, 3.05) is 23.9 Å². The third kappa shape index (κ3) is 4.56. The van der Waals surface area contributed by atoms with Crippen molar-refractivity contribution in [1.82, 2.24) is 5.32 Å².